The third kappa shape index (κ3) is 4.08. The van der Waals surface area contributed by atoms with Gasteiger partial charge in [0.2, 0.25) is 0 Å². The third-order valence-corrected chi connectivity index (χ3v) is 6.18. The van der Waals surface area contributed by atoms with Crippen LogP contribution in [0.15, 0.2) is 77.9 Å². The average molecular weight is 412 g/mol. The van der Waals surface area contributed by atoms with Gasteiger partial charge >= 0.3 is 0 Å². The number of rotatable bonds is 6. The number of nitrogens with zero attached hydrogens (tertiary/aromatic N) is 3. The van der Waals surface area contributed by atoms with Crippen molar-refractivity contribution in [3.05, 3.63) is 89.5 Å². The number of hydrazone groups is 1. The van der Waals surface area contributed by atoms with Crippen molar-refractivity contribution in [3.8, 4) is 16.9 Å². The van der Waals surface area contributed by atoms with Crippen molar-refractivity contribution >= 4 is 6.21 Å². The fourth-order valence-corrected chi connectivity index (χ4v) is 4.63. The molecule has 0 amide bonds. The Morgan fingerprint density at radius 2 is 1.45 bits per heavy atom. The van der Waals surface area contributed by atoms with Crippen LogP contribution < -0.4 is 4.74 Å². The summed E-state index contributed by atoms with van der Waals surface area (Å²) in [5.74, 6) is 0.921. The molecule has 0 aromatic heterocycles. The molecule has 4 heteroatoms. The van der Waals surface area contributed by atoms with Crippen LogP contribution in [0.25, 0.3) is 11.1 Å². The molecule has 2 aliphatic rings. The van der Waals surface area contributed by atoms with E-state index < -0.39 is 0 Å². The summed E-state index contributed by atoms with van der Waals surface area (Å²) in [6, 6.07) is 26.2. The Kier molecular flexibility index (Phi) is 5.72. The predicted octanol–water partition coefficient (Wildman–Crippen LogP) is 5.20. The maximum absolute atomic E-state index is 5.65. The van der Waals surface area contributed by atoms with E-state index in [1.807, 2.05) is 18.3 Å². The van der Waals surface area contributed by atoms with Gasteiger partial charge in [-0.2, -0.15) is 5.10 Å². The summed E-state index contributed by atoms with van der Waals surface area (Å²) in [7, 11) is 0. The minimum absolute atomic E-state index is 0.356. The second-order valence-corrected chi connectivity index (χ2v) is 8.23. The van der Waals surface area contributed by atoms with Crippen molar-refractivity contribution in [3.63, 3.8) is 0 Å². The molecule has 5 rings (SSSR count). The Morgan fingerprint density at radius 1 is 0.839 bits per heavy atom. The number of fused-ring (bicyclic) bond motifs is 3. The van der Waals surface area contributed by atoms with Gasteiger partial charge in [0.1, 0.15) is 5.75 Å². The summed E-state index contributed by atoms with van der Waals surface area (Å²) >= 11 is 0. The molecule has 0 unspecified atom stereocenters. The van der Waals surface area contributed by atoms with E-state index in [1.54, 1.807) is 0 Å². The van der Waals surface area contributed by atoms with Crippen LogP contribution in [0.5, 0.6) is 5.75 Å². The second-order valence-electron chi connectivity index (χ2n) is 8.23. The average Bonchev–Trinajstić information content (AvgIpc) is 3.17. The molecule has 1 saturated heterocycles. The maximum Gasteiger partial charge on any atom is 0.119 e. The van der Waals surface area contributed by atoms with Crippen molar-refractivity contribution in [1.29, 1.82) is 0 Å². The lowest BCUT2D eigenvalue weighted by molar-refractivity contribution is 0.114. The van der Waals surface area contributed by atoms with E-state index in [4.69, 9.17) is 9.84 Å². The standard InChI is InChI=1S/C27H29N3O/c1-2-19-31-22-13-11-21(12-14-22)20-28-30-17-15-29(16-18-30)27-25-9-5-3-7-23(25)24-8-4-6-10-26(24)27/h3-14,20,27H,2,15-19H2,1H3. The molecule has 1 heterocycles. The van der Waals surface area contributed by atoms with E-state index in [0.29, 0.717) is 6.04 Å². The molecule has 0 spiro atoms. The van der Waals surface area contributed by atoms with E-state index in [9.17, 15) is 0 Å². The first-order chi connectivity index (χ1) is 15.3. The Hall–Kier alpha value is -3.11. The minimum atomic E-state index is 0.356. The molecule has 0 saturated carbocycles. The SMILES string of the molecule is CCCOc1ccc(C=NN2CCN(C3c4ccccc4-c4ccccc43)CC2)cc1. The van der Waals surface area contributed by atoms with Crippen molar-refractivity contribution in [2.24, 2.45) is 5.10 Å². The highest BCUT2D eigenvalue weighted by Gasteiger charge is 2.33. The summed E-state index contributed by atoms with van der Waals surface area (Å²) in [6.07, 6.45) is 2.98. The summed E-state index contributed by atoms with van der Waals surface area (Å²) in [6.45, 7) is 6.77. The molecule has 1 aliphatic carbocycles. The first kappa shape index (κ1) is 19.8. The van der Waals surface area contributed by atoms with Gasteiger partial charge in [0.05, 0.1) is 18.9 Å². The molecule has 0 radical (unpaired) electrons. The molecular formula is C27H29N3O. The molecule has 0 atom stereocenters. The van der Waals surface area contributed by atoms with E-state index in [0.717, 1.165) is 50.5 Å². The Morgan fingerprint density at radius 3 is 2.06 bits per heavy atom. The molecule has 3 aromatic rings. The summed E-state index contributed by atoms with van der Waals surface area (Å²) < 4.78 is 5.65. The first-order valence-electron chi connectivity index (χ1n) is 11.3. The summed E-state index contributed by atoms with van der Waals surface area (Å²) in [4.78, 5) is 2.61. The smallest absolute Gasteiger partial charge is 0.119 e. The molecule has 31 heavy (non-hydrogen) atoms. The topological polar surface area (TPSA) is 28.1 Å². The molecule has 1 aliphatic heterocycles. The van der Waals surface area contributed by atoms with Gasteiger partial charge in [0, 0.05) is 26.2 Å². The van der Waals surface area contributed by atoms with Crippen LogP contribution in [-0.4, -0.2) is 48.9 Å². The fraction of sp³-hybridized carbons (Fsp3) is 0.296. The van der Waals surface area contributed by atoms with Crippen LogP contribution in [0.1, 0.15) is 36.1 Å². The minimum Gasteiger partial charge on any atom is -0.494 e. The van der Waals surface area contributed by atoms with Gasteiger partial charge in [0.25, 0.3) is 0 Å². The van der Waals surface area contributed by atoms with Gasteiger partial charge in [-0.05, 0) is 58.5 Å². The highest BCUT2D eigenvalue weighted by molar-refractivity contribution is 5.79. The zero-order valence-corrected chi connectivity index (χ0v) is 18.1. The van der Waals surface area contributed by atoms with Crippen molar-refractivity contribution in [2.45, 2.75) is 19.4 Å². The van der Waals surface area contributed by atoms with Gasteiger partial charge in [-0.25, -0.2) is 0 Å². The van der Waals surface area contributed by atoms with Crippen LogP contribution in [0.3, 0.4) is 0 Å². The Balaban J connectivity index is 1.23. The zero-order valence-electron chi connectivity index (χ0n) is 18.1. The number of hydrogen-bond acceptors (Lipinski definition) is 4. The van der Waals surface area contributed by atoms with Gasteiger partial charge in [-0.15, -0.1) is 0 Å². The first-order valence-corrected chi connectivity index (χ1v) is 11.3. The fourth-order valence-electron chi connectivity index (χ4n) is 4.63. The van der Waals surface area contributed by atoms with Crippen LogP contribution in [0, 0.1) is 0 Å². The van der Waals surface area contributed by atoms with E-state index in [2.05, 4.69) is 77.5 Å². The monoisotopic (exact) mass is 411 g/mol. The van der Waals surface area contributed by atoms with E-state index in [-0.39, 0.29) is 0 Å². The van der Waals surface area contributed by atoms with Gasteiger partial charge in [-0.1, -0.05) is 55.5 Å². The van der Waals surface area contributed by atoms with Crippen molar-refractivity contribution in [2.75, 3.05) is 32.8 Å². The lowest BCUT2D eigenvalue weighted by Gasteiger charge is -2.37. The molecular weight excluding hydrogens is 382 g/mol. The van der Waals surface area contributed by atoms with Crippen LogP contribution in [0.4, 0.5) is 0 Å². The predicted molar refractivity (Wildman–Crippen MR) is 127 cm³/mol. The lowest BCUT2D eigenvalue weighted by atomic mass is 10.0. The van der Waals surface area contributed by atoms with Gasteiger partial charge in [-0.3, -0.25) is 9.91 Å². The van der Waals surface area contributed by atoms with Crippen LogP contribution in [0.2, 0.25) is 0 Å². The molecule has 0 N–H and O–H groups in total. The summed E-state index contributed by atoms with van der Waals surface area (Å²) in [5.41, 5.74) is 6.74. The van der Waals surface area contributed by atoms with E-state index >= 15 is 0 Å². The number of hydrogen-bond donors (Lipinski definition) is 0. The number of piperazine rings is 1. The van der Waals surface area contributed by atoms with Crippen LogP contribution >= 0.6 is 0 Å². The number of benzene rings is 3. The zero-order chi connectivity index (χ0) is 21.0. The molecule has 0 bridgehead atoms. The molecule has 1 fully saturated rings. The number of ether oxygens (including phenoxy) is 1. The quantitative estimate of drug-likeness (QED) is 0.522. The van der Waals surface area contributed by atoms with Crippen molar-refractivity contribution < 1.29 is 4.74 Å². The van der Waals surface area contributed by atoms with Gasteiger partial charge < -0.3 is 4.74 Å². The molecule has 158 valence electrons. The van der Waals surface area contributed by atoms with Gasteiger partial charge in [0.15, 0.2) is 0 Å². The summed E-state index contributed by atoms with van der Waals surface area (Å²) in [5, 5.41) is 6.92. The normalized spacial score (nSPS) is 16.5. The Bertz CT molecular complexity index is 1010. The lowest BCUT2D eigenvalue weighted by Crippen LogP contribution is -2.45. The highest BCUT2D eigenvalue weighted by Crippen LogP contribution is 2.46. The van der Waals surface area contributed by atoms with Crippen molar-refractivity contribution in [1.82, 2.24) is 9.91 Å². The highest BCUT2D eigenvalue weighted by atomic mass is 16.5. The third-order valence-electron chi connectivity index (χ3n) is 6.18. The molecule has 4 nitrogen and oxygen atoms in total. The van der Waals surface area contributed by atoms with E-state index in [1.165, 1.54) is 22.3 Å². The van der Waals surface area contributed by atoms with Crippen LogP contribution in [-0.2, 0) is 0 Å². The second kappa shape index (κ2) is 8.94. The molecule has 3 aromatic carbocycles. The largest absolute Gasteiger partial charge is 0.494 e. The maximum atomic E-state index is 5.65. The Labute approximate surface area is 184 Å².